The van der Waals surface area contributed by atoms with Crippen molar-refractivity contribution >= 4 is 29.4 Å². The number of methoxy groups -OCH3 is 1. The van der Waals surface area contributed by atoms with Crippen LogP contribution in [0.15, 0.2) is 53.8 Å². The fourth-order valence-electron chi connectivity index (χ4n) is 3.06. The SMILES string of the molecule is C=CCc1cc(/C=C/c2nc(O)c([N+](=O)[O-])c(=O)[nH]2)cc(OC)c1OCc1ccccc1Cl. The summed E-state index contributed by atoms with van der Waals surface area (Å²) >= 11 is 6.22. The zero-order valence-electron chi connectivity index (χ0n) is 17.6. The van der Waals surface area contributed by atoms with E-state index in [9.17, 15) is 20.0 Å². The van der Waals surface area contributed by atoms with E-state index in [1.807, 2.05) is 24.3 Å². The van der Waals surface area contributed by atoms with E-state index in [-0.39, 0.29) is 12.4 Å². The Kier molecular flexibility index (Phi) is 7.47. The van der Waals surface area contributed by atoms with Crippen LogP contribution in [-0.4, -0.2) is 27.1 Å². The van der Waals surface area contributed by atoms with Crippen LogP contribution >= 0.6 is 11.6 Å². The Morgan fingerprint density at radius 1 is 1.27 bits per heavy atom. The highest BCUT2D eigenvalue weighted by molar-refractivity contribution is 6.31. The van der Waals surface area contributed by atoms with Gasteiger partial charge in [-0.1, -0.05) is 42.0 Å². The topological polar surface area (TPSA) is 128 Å². The lowest BCUT2D eigenvalue weighted by molar-refractivity contribution is -0.387. The lowest BCUT2D eigenvalue weighted by atomic mass is 10.0. The summed E-state index contributed by atoms with van der Waals surface area (Å²) in [6.07, 6.45) is 5.22. The molecule has 1 heterocycles. The zero-order valence-corrected chi connectivity index (χ0v) is 18.3. The van der Waals surface area contributed by atoms with Crippen molar-refractivity contribution in [1.29, 1.82) is 0 Å². The molecule has 0 aliphatic carbocycles. The summed E-state index contributed by atoms with van der Waals surface area (Å²) in [4.78, 5) is 27.5. The third-order valence-electron chi connectivity index (χ3n) is 4.58. The summed E-state index contributed by atoms with van der Waals surface area (Å²) < 4.78 is 11.5. The maximum atomic E-state index is 11.8. The second-order valence-corrected chi connectivity index (χ2v) is 7.21. The Labute approximate surface area is 193 Å². The van der Waals surface area contributed by atoms with E-state index in [0.29, 0.717) is 28.5 Å². The molecule has 0 saturated carbocycles. The zero-order chi connectivity index (χ0) is 24.0. The predicted octanol–water partition coefficient (Wildman–Crippen LogP) is 4.52. The van der Waals surface area contributed by atoms with E-state index in [1.54, 1.807) is 24.3 Å². The molecule has 3 aromatic rings. The number of ether oxygens (including phenoxy) is 2. The molecule has 0 saturated heterocycles. The lowest BCUT2D eigenvalue weighted by Crippen LogP contribution is -2.14. The van der Waals surface area contributed by atoms with E-state index in [0.717, 1.165) is 11.1 Å². The van der Waals surface area contributed by atoms with E-state index in [1.165, 1.54) is 13.2 Å². The van der Waals surface area contributed by atoms with Crippen LogP contribution in [0.2, 0.25) is 5.02 Å². The molecule has 0 aliphatic heterocycles. The van der Waals surface area contributed by atoms with E-state index in [4.69, 9.17) is 21.1 Å². The van der Waals surface area contributed by atoms with Crippen molar-refractivity contribution in [2.75, 3.05) is 7.11 Å². The van der Waals surface area contributed by atoms with Gasteiger partial charge in [-0.15, -0.1) is 6.58 Å². The number of aromatic nitrogens is 2. The average Bonchev–Trinajstić information content (AvgIpc) is 2.77. The largest absolute Gasteiger partial charge is 0.493 e. The van der Waals surface area contributed by atoms with Gasteiger partial charge in [0.05, 0.1) is 12.0 Å². The van der Waals surface area contributed by atoms with Gasteiger partial charge in [0.1, 0.15) is 12.4 Å². The smallest absolute Gasteiger partial charge is 0.395 e. The third-order valence-corrected chi connectivity index (χ3v) is 4.95. The second-order valence-electron chi connectivity index (χ2n) is 6.80. The van der Waals surface area contributed by atoms with Gasteiger partial charge in [0.25, 0.3) is 5.88 Å². The van der Waals surface area contributed by atoms with Gasteiger partial charge >= 0.3 is 11.2 Å². The fraction of sp³-hybridized carbons (Fsp3) is 0.130. The molecule has 0 bridgehead atoms. The van der Waals surface area contributed by atoms with Crippen LogP contribution in [0.25, 0.3) is 12.2 Å². The molecule has 0 aliphatic rings. The lowest BCUT2D eigenvalue weighted by Gasteiger charge is -2.16. The molecule has 2 aromatic carbocycles. The van der Waals surface area contributed by atoms with Gasteiger partial charge in [-0.3, -0.25) is 14.9 Å². The second kappa shape index (κ2) is 10.5. The highest BCUT2D eigenvalue weighted by Gasteiger charge is 2.21. The highest BCUT2D eigenvalue weighted by atomic mass is 35.5. The molecule has 170 valence electrons. The molecule has 1 aromatic heterocycles. The van der Waals surface area contributed by atoms with Crippen LogP contribution in [-0.2, 0) is 13.0 Å². The minimum atomic E-state index is -1.06. The number of aromatic amines is 1. The first kappa shape index (κ1) is 23.6. The molecule has 0 spiro atoms. The third kappa shape index (κ3) is 5.58. The number of nitro groups is 1. The first-order valence-corrected chi connectivity index (χ1v) is 10.1. The molecule has 0 atom stereocenters. The van der Waals surface area contributed by atoms with E-state index in [2.05, 4.69) is 16.5 Å². The molecule has 9 nitrogen and oxygen atoms in total. The predicted molar refractivity (Wildman–Crippen MR) is 125 cm³/mol. The monoisotopic (exact) mass is 469 g/mol. The normalized spacial score (nSPS) is 10.8. The Hall–Kier alpha value is -4.11. The molecule has 0 amide bonds. The van der Waals surface area contributed by atoms with Crippen LogP contribution in [0.1, 0.15) is 22.5 Å². The molecule has 0 radical (unpaired) electrons. The maximum Gasteiger partial charge on any atom is 0.395 e. The molecular formula is C23H20ClN3O6. The van der Waals surface area contributed by atoms with Gasteiger partial charge in [0.15, 0.2) is 11.5 Å². The fourth-order valence-corrected chi connectivity index (χ4v) is 3.25. The molecule has 0 fully saturated rings. The van der Waals surface area contributed by atoms with Gasteiger partial charge in [0, 0.05) is 16.1 Å². The Balaban J connectivity index is 1.93. The van der Waals surface area contributed by atoms with Crippen LogP contribution < -0.4 is 15.0 Å². The number of aromatic hydroxyl groups is 1. The number of hydrogen-bond donors (Lipinski definition) is 2. The summed E-state index contributed by atoms with van der Waals surface area (Å²) in [7, 11) is 1.51. The minimum Gasteiger partial charge on any atom is -0.493 e. The number of H-pyrrole nitrogens is 1. The van der Waals surface area contributed by atoms with Gasteiger partial charge < -0.3 is 19.6 Å². The van der Waals surface area contributed by atoms with E-state index < -0.39 is 22.0 Å². The number of allylic oxidation sites excluding steroid dienone is 1. The highest BCUT2D eigenvalue weighted by Crippen LogP contribution is 2.35. The number of nitrogens with one attached hydrogen (secondary N) is 1. The van der Waals surface area contributed by atoms with Gasteiger partial charge in [-0.05, 0) is 36.3 Å². The van der Waals surface area contributed by atoms with Crippen LogP contribution in [0, 0.1) is 10.1 Å². The summed E-state index contributed by atoms with van der Waals surface area (Å²) in [6.45, 7) is 4.02. The number of benzene rings is 2. The summed E-state index contributed by atoms with van der Waals surface area (Å²) in [5, 5.41) is 21.1. The van der Waals surface area contributed by atoms with Crippen molar-refractivity contribution in [3.63, 3.8) is 0 Å². The first-order chi connectivity index (χ1) is 15.8. The molecule has 10 heteroatoms. The van der Waals surface area contributed by atoms with Crippen molar-refractivity contribution in [3.8, 4) is 17.4 Å². The van der Waals surface area contributed by atoms with Crippen molar-refractivity contribution in [2.45, 2.75) is 13.0 Å². The van der Waals surface area contributed by atoms with E-state index >= 15 is 0 Å². The summed E-state index contributed by atoms with van der Waals surface area (Å²) in [6, 6.07) is 10.9. The summed E-state index contributed by atoms with van der Waals surface area (Å²) in [5.74, 6) is -0.00827. The molecule has 0 unspecified atom stereocenters. The van der Waals surface area contributed by atoms with Crippen molar-refractivity contribution in [2.24, 2.45) is 0 Å². The quantitative estimate of drug-likeness (QED) is 0.268. The van der Waals surface area contributed by atoms with Crippen LogP contribution in [0.3, 0.4) is 0 Å². The molecule has 33 heavy (non-hydrogen) atoms. The Morgan fingerprint density at radius 2 is 2.03 bits per heavy atom. The number of rotatable bonds is 9. The van der Waals surface area contributed by atoms with Crippen LogP contribution in [0.4, 0.5) is 5.69 Å². The minimum absolute atomic E-state index is 0.0496. The van der Waals surface area contributed by atoms with Gasteiger partial charge in [0.2, 0.25) is 0 Å². The number of halogens is 1. The number of nitrogens with zero attached hydrogens (tertiary/aromatic N) is 2. The number of hydrogen-bond acceptors (Lipinski definition) is 7. The first-order valence-electron chi connectivity index (χ1n) is 9.67. The molecule has 2 N–H and O–H groups in total. The average molecular weight is 470 g/mol. The Morgan fingerprint density at radius 3 is 2.67 bits per heavy atom. The summed E-state index contributed by atoms with van der Waals surface area (Å²) in [5.41, 5.74) is 0.226. The standard InChI is InChI=1S/C23H20ClN3O6/c1-3-6-15-11-14(9-10-19-25-22(28)20(27(30)31)23(29)26-19)12-18(32-2)21(15)33-13-16-7-4-5-8-17(16)24/h3-5,7-12H,1,6,13H2,2H3,(H2,25,26,28,29)/b10-9+. The Bertz CT molecular complexity index is 1290. The molecule has 3 rings (SSSR count). The van der Waals surface area contributed by atoms with Gasteiger partial charge in [-0.25, -0.2) is 0 Å². The van der Waals surface area contributed by atoms with Crippen molar-refractivity contribution in [1.82, 2.24) is 9.97 Å². The maximum absolute atomic E-state index is 11.8. The van der Waals surface area contributed by atoms with Crippen molar-refractivity contribution < 1.29 is 19.5 Å². The van der Waals surface area contributed by atoms with Crippen LogP contribution in [0.5, 0.6) is 17.4 Å². The van der Waals surface area contributed by atoms with Crippen molar-refractivity contribution in [3.05, 3.63) is 97.1 Å². The molecular weight excluding hydrogens is 450 g/mol. The van der Waals surface area contributed by atoms with Gasteiger partial charge in [-0.2, -0.15) is 4.98 Å².